The molecule has 0 aliphatic carbocycles. The van der Waals surface area contributed by atoms with Crippen molar-refractivity contribution in [3.8, 4) is 0 Å². The third-order valence-corrected chi connectivity index (χ3v) is 8.97. The Labute approximate surface area is 283 Å². The van der Waals surface area contributed by atoms with Gasteiger partial charge in [-0.2, -0.15) is 21.8 Å². The second kappa shape index (κ2) is 15.2. The number of aromatic amines is 1. The monoisotopic (exact) mass is 733 g/mol. The number of fused-ring (bicyclic) bond motifs is 2. The van der Waals surface area contributed by atoms with Crippen molar-refractivity contribution in [2.45, 2.75) is 34.7 Å². The first-order valence-electron chi connectivity index (χ1n) is 14.4. The van der Waals surface area contributed by atoms with E-state index in [0.717, 1.165) is 12.1 Å². The number of aliphatic carboxylic acids is 2. The van der Waals surface area contributed by atoms with Crippen LogP contribution in [0.15, 0.2) is 75.2 Å². The zero-order valence-corrected chi connectivity index (χ0v) is 27.3. The number of carbonyl (C=O) groups is 3. The van der Waals surface area contributed by atoms with Crippen LogP contribution in [-0.4, -0.2) is 89.1 Å². The highest BCUT2D eigenvalue weighted by Gasteiger charge is 2.23. The Morgan fingerprint density at radius 2 is 1.50 bits per heavy atom. The number of H-pyrrole nitrogens is 1. The molecule has 0 radical (unpaired) electrons. The van der Waals surface area contributed by atoms with Crippen molar-refractivity contribution < 1.29 is 50.5 Å². The van der Waals surface area contributed by atoms with Gasteiger partial charge < -0.3 is 37.2 Å². The Morgan fingerprint density at radius 1 is 0.920 bits per heavy atom. The SMILES string of the molecule is Nc1nc2c(c(=O)[nH]1)N[C@@H](CNc1ccc(C(=O)N[C@@H](CCC(=O)O)C(=O)O)cc1)CN2.O=S(=O)(O)c1cccc2c(S(=O)(=O)O)cccc12. The van der Waals surface area contributed by atoms with Gasteiger partial charge in [0.25, 0.3) is 31.7 Å². The van der Waals surface area contributed by atoms with Crippen LogP contribution in [0, 0.1) is 0 Å². The first-order chi connectivity index (χ1) is 23.4. The van der Waals surface area contributed by atoms with Crippen LogP contribution in [0.3, 0.4) is 0 Å². The lowest BCUT2D eigenvalue weighted by Gasteiger charge is -2.27. The molecule has 266 valence electrons. The predicted octanol–water partition coefficient (Wildman–Crippen LogP) is 1.05. The Hall–Kier alpha value is -5.77. The normalized spacial score (nSPS) is 14.5. The summed E-state index contributed by atoms with van der Waals surface area (Å²) < 4.78 is 62.7. The molecule has 2 atom stereocenters. The molecule has 21 heteroatoms. The van der Waals surface area contributed by atoms with Crippen molar-refractivity contribution in [1.29, 1.82) is 0 Å². The van der Waals surface area contributed by atoms with Crippen molar-refractivity contribution in [2.24, 2.45) is 0 Å². The number of anilines is 4. The second-order valence-electron chi connectivity index (χ2n) is 10.7. The van der Waals surface area contributed by atoms with E-state index in [1.807, 2.05) is 0 Å². The van der Waals surface area contributed by atoms with E-state index in [-0.39, 0.29) is 46.7 Å². The topological polar surface area (TPSA) is 320 Å². The van der Waals surface area contributed by atoms with Crippen LogP contribution < -0.4 is 32.6 Å². The average Bonchev–Trinajstić information content (AvgIpc) is 3.04. The summed E-state index contributed by atoms with van der Waals surface area (Å²) in [6, 6.07) is 12.5. The lowest BCUT2D eigenvalue weighted by Crippen LogP contribution is -2.41. The molecule has 0 fully saturated rings. The Balaban J connectivity index is 0.000000263. The number of nitrogens with one attached hydrogen (secondary N) is 5. The fourth-order valence-corrected chi connectivity index (χ4v) is 6.21. The third kappa shape index (κ3) is 9.43. The maximum absolute atomic E-state index is 12.3. The molecule has 2 heterocycles. The van der Waals surface area contributed by atoms with E-state index >= 15 is 0 Å². The quantitative estimate of drug-likeness (QED) is 0.0963. The maximum atomic E-state index is 12.3. The molecule has 3 aromatic carbocycles. The van der Waals surface area contributed by atoms with Gasteiger partial charge in [-0.3, -0.25) is 28.5 Å². The Bertz CT molecular complexity index is 2140. The summed E-state index contributed by atoms with van der Waals surface area (Å²) in [4.78, 5) is 51.8. The zero-order chi connectivity index (χ0) is 36.8. The summed E-state index contributed by atoms with van der Waals surface area (Å²) in [5, 5.41) is 29.5. The number of nitrogens with two attached hydrogens (primary N) is 1. The molecule has 0 spiro atoms. The van der Waals surface area contributed by atoms with Crippen LogP contribution in [-0.2, 0) is 29.8 Å². The van der Waals surface area contributed by atoms with Gasteiger partial charge in [0.15, 0.2) is 5.82 Å². The number of carbonyl (C=O) groups excluding carboxylic acids is 1. The molecular weight excluding hydrogens is 702 g/mol. The number of aromatic nitrogens is 2. The molecule has 0 bridgehead atoms. The summed E-state index contributed by atoms with van der Waals surface area (Å²) in [5.41, 5.74) is 6.40. The Kier molecular flexibility index (Phi) is 11.3. The van der Waals surface area contributed by atoms with E-state index in [9.17, 15) is 36.0 Å². The predicted molar refractivity (Wildman–Crippen MR) is 179 cm³/mol. The molecule has 50 heavy (non-hydrogen) atoms. The van der Waals surface area contributed by atoms with Crippen molar-refractivity contribution >= 4 is 72.0 Å². The second-order valence-corrected chi connectivity index (χ2v) is 13.5. The summed E-state index contributed by atoms with van der Waals surface area (Å²) in [7, 11) is -8.94. The largest absolute Gasteiger partial charge is 0.481 e. The van der Waals surface area contributed by atoms with Crippen LogP contribution in [0.5, 0.6) is 0 Å². The van der Waals surface area contributed by atoms with Gasteiger partial charge in [0.05, 0.1) is 6.04 Å². The molecule has 4 aromatic rings. The molecule has 1 aliphatic heterocycles. The van der Waals surface area contributed by atoms with Gasteiger partial charge in [-0.1, -0.05) is 24.3 Å². The fourth-order valence-electron chi connectivity index (χ4n) is 4.80. The van der Waals surface area contributed by atoms with E-state index in [1.54, 1.807) is 12.1 Å². The van der Waals surface area contributed by atoms with Gasteiger partial charge in [0, 0.05) is 41.5 Å². The van der Waals surface area contributed by atoms with Crippen molar-refractivity contribution in [3.63, 3.8) is 0 Å². The molecule has 1 aliphatic rings. The summed E-state index contributed by atoms with van der Waals surface area (Å²) in [6.07, 6.45) is -0.587. The first kappa shape index (κ1) is 37.1. The van der Waals surface area contributed by atoms with E-state index in [2.05, 4.69) is 31.2 Å². The minimum absolute atomic E-state index is 0.0233. The molecule has 0 saturated carbocycles. The molecular formula is C29H31N7O12S2. The standard InChI is InChI=1S/C19H23N7O6.C10H8O6S2/c20-19-25-15-14(17(30)26-19)23-11(8-22-15)7-21-10-3-1-9(2-4-10)16(29)24-12(18(31)32)5-6-13(27)28;11-17(12,13)9-5-1-3-7-8(9)4-2-6-10(7)18(14,15)16/h1-4,11-12,21,23H,5-8H2,(H,24,29)(H,27,28)(H,31,32)(H4,20,22,25,26,30);1-6H,(H,11,12,13)(H,14,15,16)/t11-,12-;/m0./s1. The highest BCUT2D eigenvalue weighted by Crippen LogP contribution is 2.28. The Morgan fingerprint density at radius 3 is 2.02 bits per heavy atom. The summed E-state index contributed by atoms with van der Waals surface area (Å²) >= 11 is 0. The summed E-state index contributed by atoms with van der Waals surface area (Å²) in [5.74, 6) is -2.64. The smallest absolute Gasteiger partial charge is 0.326 e. The van der Waals surface area contributed by atoms with Gasteiger partial charge in [0.1, 0.15) is 21.5 Å². The fraction of sp³-hybridized carbons (Fsp3) is 0.207. The van der Waals surface area contributed by atoms with Gasteiger partial charge in [0.2, 0.25) is 5.95 Å². The molecule has 0 unspecified atom stereocenters. The van der Waals surface area contributed by atoms with E-state index < -0.39 is 53.9 Å². The van der Waals surface area contributed by atoms with Crippen LogP contribution in [0.2, 0.25) is 0 Å². The van der Waals surface area contributed by atoms with Crippen LogP contribution >= 0.6 is 0 Å². The lowest BCUT2D eigenvalue weighted by atomic mass is 10.1. The maximum Gasteiger partial charge on any atom is 0.326 e. The summed E-state index contributed by atoms with van der Waals surface area (Å²) in [6.45, 7) is 0.960. The van der Waals surface area contributed by atoms with Gasteiger partial charge in [-0.15, -0.1) is 0 Å². The lowest BCUT2D eigenvalue weighted by molar-refractivity contribution is -0.140. The number of benzene rings is 3. The highest BCUT2D eigenvalue weighted by molar-refractivity contribution is 7.86. The number of carboxylic acid groups (broad SMARTS) is 2. The third-order valence-electron chi connectivity index (χ3n) is 7.15. The van der Waals surface area contributed by atoms with Crippen LogP contribution in [0.1, 0.15) is 23.2 Å². The number of nitrogen functional groups attached to an aromatic ring is 1. The van der Waals surface area contributed by atoms with Gasteiger partial charge in [-0.25, -0.2) is 4.79 Å². The molecule has 11 N–H and O–H groups in total. The molecule has 1 aromatic heterocycles. The first-order valence-corrected chi connectivity index (χ1v) is 17.3. The van der Waals surface area contributed by atoms with E-state index in [0.29, 0.717) is 30.3 Å². The van der Waals surface area contributed by atoms with Crippen LogP contribution in [0.25, 0.3) is 10.8 Å². The molecule has 0 saturated heterocycles. The van der Waals surface area contributed by atoms with Crippen LogP contribution in [0.4, 0.5) is 23.1 Å². The molecule has 19 nitrogen and oxygen atoms in total. The average molecular weight is 734 g/mol. The number of nitrogens with zero attached hydrogens (tertiary/aromatic N) is 1. The van der Waals surface area contributed by atoms with E-state index in [4.69, 9.17) is 25.1 Å². The minimum Gasteiger partial charge on any atom is -0.481 e. The molecule has 1 amide bonds. The van der Waals surface area contributed by atoms with Gasteiger partial charge >= 0.3 is 11.9 Å². The van der Waals surface area contributed by atoms with Gasteiger partial charge in [-0.05, 0) is 42.8 Å². The number of amides is 1. The number of hydrogen-bond acceptors (Lipinski definition) is 13. The highest BCUT2D eigenvalue weighted by atomic mass is 32.2. The van der Waals surface area contributed by atoms with Crippen molar-refractivity contribution in [1.82, 2.24) is 15.3 Å². The number of rotatable bonds is 11. The molecule has 5 rings (SSSR count). The minimum atomic E-state index is -4.47. The number of carboxylic acids is 2. The van der Waals surface area contributed by atoms with Crippen molar-refractivity contribution in [3.05, 3.63) is 76.6 Å². The van der Waals surface area contributed by atoms with E-state index in [1.165, 1.54) is 36.4 Å². The number of hydrogen-bond donors (Lipinski definition) is 10. The zero-order valence-electron chi connectivity index (χ0n) is 25.7. The van der Waals surface area contributed by atoms with Crippen molar-refractivity contribution in [2.75, 3.05) is 34.8 Å².